The Morgan fingerprint density at radius 1 is 1.27 bits per heavy atom. The molecule has 2 aromatic rings. The van der Waals surface area contributed by atoms with Crippen LogP contribution in [0.3, 0.4) is 0 Å². The number of benzene rings is 1. The first-order valence-corrected chi connectivity index (χ1v) is 7.16. The predicted molar refractivity (Wildman–Crippen MR) is 78.8 cm³/mol. The minimum Gasteiger partial charge on any atom is -0.469 e. The SMILES string of the molecule is COC(=O)C1CC(=O)N(C(c2ccccc2)c2ccco2)C1. The number of amides is 1. The molecule has 114 valence electrons. The van der Waals surface area contributed by atoms with E-state index < -0.39 is 5.92 Å². The Morgan fingerprint density at radius 2 is 2.05 bits per heavy atom. The third kappa shape index (κ3) is 2.62. The topological polar surface area (TPSA) is 59.8 Å². The van der Waals surface area contributed by atoms with Crippen LogP contribution in [0.25, 0.3) is 0 Å². The molecule has 5 heteroatoms. The molecule has 3 rings (SSSR count). The van der Waals surface area contributed by atoms with Crippen molar-refractivity contribution in [3.63, 3.8) is 0 Å². The van der Waals surface area contributed by atoms with E-state index in [0.29, 0.717) is 12.3 Å². The summed E-state index contributed by atoms with van der Waals surface area (Å²) >= 11 is 0. The number of methoxy groups -OCH3 is 1. The number of likely N-dealkylation sites (tertiary alicyclic amines) is 1. The molecular weight excluding hydrogens is 282 g/mol. The Kier molecular flexibility index (Phi) is 3.96. The van der Waals surface area contributed by atoms with E-state index in [9.17, 15) is 9.59 Å². The molecule has 1 fully saturated rings. The minimum atomic E-state index is -0.418. The van der Waals surface area contributed by atoms with Gasteiger partial charge in [-0.1, -0.05) is 30.3 Å². The Morgan fingerprint density at radius 3 is 2.68 bits per heavy atom. The van der Waals surface area contributed by atoms with Crippen LogP contribution < -0.4 is 0 Å². The highest BCUT2D eigenvalue weighted by Gasteiger charge is 2.40. The monoisotopic (exact) mass is 299 g/mol. The van der Waals surface area contributed by atoms with Crippen LogP contribution in [-0.2, 0) is 14.3 Å². The van der Waals surface area contributed by atoms with Gasteiger partial charge in [0.1, 0.15) is 11.8 Å². The van der Waals surface area contributed by atoms with Gasteiger partial charge >= 0.3 is 5.97 Å². The highest BCUT2D eigenvalue weighted by Crippen LogP contribution is 2.34. The van der Waals surface area contributed by atoms with Gasteiger partial charge < -0.3 is 14.1 Å². The fourth-order valence-corrected chi connectivity index (χ4v) is 2.89. The predicted octanol–water partition coefficient (Wildman–Crippen LogP) is 2.39. The summed E-state index contributed by atoms with van der Waals surface area (Å²) in [7, 11) is 1.34. The molecule has 0 saturated carbocycles. The van der Waals surface area contributed by atoms with Crippen molar-refractivity contribution in [3.05, 3.63) is 60.1 Å². The first-order chi connectivity index (χ1) is 10.7. The van der Waals surface area contributed by atoms with Crippen molar-refractivity contribution in [1.82, 2.24) is 4.90 Å². The Balaban J connectivity index is 1.94. The quantitative estimate of drug-likeness (QED) is 0.813. The van der Waals surface area contributed by atoms with Crippen LogP contribution in [0.4, 0.5) is 0 Å². The molecule has 1 saturated heterocycles. The average Bonchev–Trinajstić information content (AvgIpc) is 3.19. The number of hydrogen-bond acceptors (Lipinski definition) is 4. The van der Waals surface area contributed by atoms with Crippen molar-refractivity contribution in [1.29, 1.82) is 0 Å². The first kappa shape index (κ1) is 14.4. The van der Waals surface area contributed by atoms with Crippen LogP contribution in [0, 0.1) is 5.92 Å². The van der Waals surface area contributed by atoms with Gasteiger partial charge in [0.2, 0.25) is 5.91 Å². The zero-order valence-corrected chi connectivity index (χ0v) is 12.3. The van der Waals surface area contributed by atoms with Gasteiger partial charge in [-0.3, -0.25) is 9.59 Å². The molecule has 1 aromatic heterocycles. The molecular formula is C17H17NO4. The molecule has 22 heavy (non-hydrogen) atoms. The molecule has 0 radical (unpaired) electrons. The summed E-state index contributed by atoms with van der Waals surface area (Å²) in [5.74, 6) is -0.147. The minimum absolute atomic E-state index is 0.0688. The molecule has 0 bridgehead atoms. The lowest BCUT2D eigenvalue weighted by molar-refractivity contribution is -0.145. The highest BCUT2D eigenvalue weighted by atomic mass is 16.5. The number of furan rings is 1. The normalized spacial score (nSPS) is 19.2. The fourth-order valence-electron chi connectivity index (χ4n) is 2.89. The molecule has 2 unspecified atom stereocenters. The molecule has 0 spiro atoms. The van der Waals surface area contributed by atoms with Crippen molar-refractivity contribution in [2.45, 2.75) is 12.5 Å². The summed E-state index contributed by atoms with van der Waals surface area (Å²) in [5, 5.41) is 0. The Bertz CT molecular complexity index is 651. The van der Waals surface area contributed by atoms with Crippen LogP contribution in [-0.4, -0.2) is 30.4 Å². The second kappa shape index (κ2) is 6.05. The lowest BCUT2D eigenvalue weighted by atomic mass is 10.0. The first-order valence-electron chi connectivity index (χ1n) is 7.16. The fraction of sp³-hybridized carbons (Fsp3) is 0.294. The molecule has 1 aliphatic heterocycles. The molecule has 2 atom stereocenters. The summed E-state index contributed by atoms with van der Waals surface area (Å²) in [6.45, 7) is 0.339. The number of nitrogens with zero attached hydrogens (tertiary/aromatic N) is 1. The van der Waals surface area contributed by atoms with E-state index >= 15 is 0 Å². The van der Waals surface area contributed by atoms with Crippen molar-refractivity contribution in [3.8, 4) is 0 Å². The van der Waals surface area contributed by atoms with E-state index in [2.05, 4.69) is 0 Å². The van der Waals surface area contributed by atoms with Crippen molar-refractivity contribution >= 4 is 11.9 Å². The Hall–Kier alpha value is -2.56. The van der Waals surface area contributed by atoms with Crippen LogP contribution in [0.2, 0.25) is 0 Å². The average molecular weight is 299 g/mol. The largest absolute Gasteiger partial charge is 0.469 e. The van der Waals surface area contributed by atoms with E-state index in [4.69, 9.17) is 9.15 Å². The number of rotatable bonds is 4. The molecule has 0 aliphatic carbocycles. The van der Waals surface area contributed by atoms with Gasteiger partial charge in [0, 0.05) is 13.0 Å². The zero-order chi connectivity index (χ0) is 15.5. The van der Waals surface area contributed by atoms with Gasteiger partial charge in [0.05, 0.1) is 19.3 Å². The van der Waals surface area contributed by atoms with Gasteiger partial charge in [-0.25, -0.2) is 0 Å². The van der Waals surface area contributed by atoms with Crippen LogP contribution >= 0.6 is 0 Å². The van der Waals surface area contributed by atoms with Crippen molar-refractivity contribution in [2.24, 2.45) is 5.92 Å². The number of esters is 1. The highest BCUT2D eigenvalue weighted by molar-refractivity contribution is 5.87. The molecule has 2 heterocycles. The number of ether oxygens (including phenoxy) is 1. The maximum atomic E-state index is 12.4. The second-order valence-electron chi connectivity index (χ2n) is 5.30. The number of carbonyl (C=O) groups excluding carboxylic acids is 2. The van der Waals surface area contributed by atoms with Gasteiger partial charge in [-0.05, 0) is 17.7 Å². The number of carbonyl (C=O) groups is 2. The molecule has 1 amide bonds. The molecule has 1 aromatic carbocycles. The number of hydrogen-bond donors (Lipinski definition) is 0. The van der Waals surface area contributed by atoms with Gasteiger partial charge in [-0.15, -0.1) is 0 Å². The summed E-state index contributed by atoms with van der Waals surface area (Å²) in [6.07, 6.45) is 1.76. The molecule has 1 aliphatic rings. The van der Waals surface area contributed by atoms with Crippen LogP contribution in [0.15, 0.2) is 53.1 Å². The van der Waals surface area contributed by atoms with E-state index in [-0.39, 0.29) is 24.3 Å². The standard InChI is InChI=1S/C17H17NO4/c1-21-17(20)13-10-15(19)18(11-13)16(14-8-5-9-22-14)12-6-3-2-4-7-12/h2-9,13,16H,10-11H2,1H3. The third-order valence-electron chi connectivity index (χ3n) is 3.93. The summed E-state index contributed by atoms with van der Waals surface area (Å²) in [5.41, 5.74) is 0.955. The third-order valence-corrected chi connectivity index (χ3v) is 3.93. The maximum absolute atomic E-state index is 12.4. The van der Waals surface area contributed by atoms with E-state index in [1.807, 2.05) is 36.4 Å². The smallest absolute Gasteiger partial charge is 0.310 e. The Labute approximate surface area is 128 Å². The lowest BCUT2D eigenvalue weighted by Gasteiger charge is -2.27. The van der Waals surface area contributed by atoms with E-state index in [0.717, 1.165) is 5.56 Å². The maximum Gasteiger partial charge on any atom is 0.310 e. The van der Waals surface area contributed by atoms with E-state index in [1.165, 1.54) is 7.11 Å². The summed E-state index contributed by atoms with van der Waals surface area (Å²) in [6, 6.07) is 13.0. The molecule has 5 nitrogen and oxygen atoms in total. The second-order valence-corrected chi connectivity index (χ2v) is 5.30. The summed E-state index contributed by atoms with van der Waals surface area (Å²) in [4.78, 5) is 25.8. The van der Waals surface area contributed by atoms with Gasteiger partial charge in [-0.2, -0.15) is 0 Å². The van der Waals surface area contributed by atoms with Crippen molar-refractivity contribution < 1.29 is 18.7 Å². The van der Waals surface area contributed by atoms with Crippen LogP contribution in [0.1, 0.15) is 23.8 Å². The van der Waals surface area contributed by atoms with Crippen LogP contribution in [0.5, 0.6) is 0 Å². The van der Waals surface area contributed by atoms with Gasteiger partial charge in [0.15, 0.2) is 0 Å². The lowest BCUT2D eigenvalue weighted by Crippen LogP contribution is -2.31. The van der Waals surface area contributed by atoms with Gasteiger partial charge in [0.25, 0.3) is 0 Å². The zero-order valence-electron chi connectivity index (χ0n) is 12.3. The molecule has 0 N–H and O–H groups in total. The van der Waals surface area contributed by atoms with E-state index in [1.54, 1.807) is 17.2 Å². The summed E-state index contributed by atoms with van der Waals surface area (Å²) < 4.78 is 10.3. The van der Waals surface area contributed by atoms with Crippen molar-refractivity contribution in [2.75, 3.05) is 13.7 Å².